The number of fused-ring (bicyclic) bond motifs is 1. The Morgan fingerprint density at radius 3 is 2.83 bits per heavy atom. The monoisotopic (exact) mass is 281 g/mol. The molecule has 0 bridgehead atoms. The first-order valence-corrected chi connectivity index (χ1v) is 7.81. The SMILES string of the molecule is CCCCC(C)NCc1sc2ccccc2c1Cl. The third-order valence-corrected chi connectivity index (χ3v) is 4.92. The number of rotatable bonds is 6. The second-order valence-corrected chi connectivity index (χ2v) is 6.27. The van der Waals surface area contributed by atoms with Crippen LogP contribution in [0.15, 0.2) is 24.3 Å². The van der Waals surface area contributed by atoms with E-state index in [1.807, 2.05) is 6.07 Å². The van der Waals surface area contributed by atoms with E-state index in [1.165, 1.54) is 34.2 Å². The molecule has 2 rings (SSSR count). The van der Waals surface area contributed by atoms with Gasteiger partial charge in [0.1, 0.15) is 0 Å². The molecule has 1 aromatic heterocycles. The maximum atomic E-state index is 6.42. The van der Waals surface area contributed by atoms with Gasteiger partial charge in [0.25, 0.3) is 0 Å². The van der Waals surface area contributed by atoms with Gasteiger partial charge < -0.3 is 5.32 Å². The van der Waals surface area contributed by atoms with Gasteiger partial charge in [-0.1, -0.05) is 49.6 Å². The first-order chi connectivity index (χ1) is 8.72. The van der Waals surface area contributed by atoms with Crippen molar-refractivity contribution in [2.24, 2.45) is 0 Å². The molecular weight excluding hydrogens is 262 g/mol. The Morgan fingerprint density at radius 2 is 2.11 bits per heavy atom. The Morgan fingerprint density at radius 1 is 1.33 bits per heavy atom. The summed E-state index contributed by atoms with van der Waals surface area (Å²) in [7, 11) is 0. The molecule has 3 heteroatoms. The highest BCUT2D eigenvalue weighted by atomic mass is 35.5. The molecule has 18 heavy (non-hydrogen) atoms. The average molecular weight is 282 g/mol. The van der Waals surface area contributed by atoms with Gasteiger partial charge in [-0.3, -0.25) is 0 Å². The summed E-state index contributed by atoms with van der Waals surface area (Å²) >= 11 is 8.21. The van der Waals surface area contributed by atoms with Gasteiger partial charge in [0.15, 0.2) is 0 Å². The van der Waals surface area contributed by atoms with Gasteiger partial charge >= 0.3 is 0 Å². The van der Waals surface area contributed by atoms with E-state index in [-0.39, 0.29) is 0 Å². The molecule has 0 radical (unpaired) electrons. The normalized spacial score (nSPS) is 13.1. The van der Waals surface area contributed by atoms with Crippen LogP contribution in [0.3, 0.4) is 0 Å². The van der Waals surface area contributed by atoms with Crippen molar-refractivity contribution in [3.8, 4) is 0 Å². The Bertz CT molecular complexity index is 506. The fourth-order valence-electron chi connectivity index (χ4n) is 2.06. The fourth-order valence-corrected chi connectivity index (χ4v) is 3.51. The van der Waals surface area contributed by atoms with Crippen molar-refractivity contribution >= 4 is 33.0 Å². The van der Waals surface area contributed by atoms with Crippen molar-refractivity contribution in [3.63, 3.8) is 0 Å². The lowest BCUT2D eigenvalue weighted by Crippen LogP contribution is -2.24. The van der Waals surface area contributed by atoms with E-state index in [0.29, 0.717) is 6.04 Å². The van der Waals surface area contributed by atoms with Crippen LogP contribution in [0, 0.1) is 0 Å². The van der Waals surface area contributed by atoms with Crippen LogP contribution in [0.4, 0.5) is 0 Å². The summed E-state index contributed by atoms with van der Waals surface area (Å²) in [5.74, 6) is 0. The number of unbranched alkanes of at least 4 members (excludes halogenated alkanes) is 1. The number of hydrogen-bond acceptors (Lipinski definition) is 2. The Balaban J connectivity index is 2.01. The maximum absolute atomic E-state index is 6.42. The molecule has 2 aromatic rings. The molecule has 0 fully saturated rings. The lowest BCUT2D eigenvalue weighted by atomic mass is 10.1. The van der Waals surface area contributed by atoms with E-state index in [9.17, 15) is 0 Å². The molecule has 0 saturated heterocycles. The largest absolute Gasteiger partial charge is 0.309 e. The van der Waals surface area contributed by atoms with E-state index >= 15 is 0 Å². The van der Waals surface area contributed by atoms with Crippen LogP contribution >= 0.6 is 22.9 Å². The summed E-state index contributed by atoms with van der Waals surface area (Å²) < 4.78 is 1.28. The van der Waals surface area contributed by atoms with Gasteiger partial charge in [-0.15, -0.1) is 11.3 Å². The highest BCUT2D eigenvalue weighted by Gasteiger charge is 2.10. The molecule has 1 heterocycles. The van der Waals surface area contributed by atoms with Gasteiger partial charge in [0.05, 0.1) is 5.02 Å². The van der Waals surface area contributed by atoms with E-state index < -0.39 is 0 Å². The molecule has 0 aliphatic rings. The second kappa shape index (κ2) is 6.55. The Labute approximate surface area is 118 Å². The van der Waals surface area contributed by atoms with Gasteiger partial charge in [0.2, 0.25) is 0 Å². The minimum Gasteiger partial charge on any atom is -0.309 e. The lowest BCUT2D eigenvalue weighted by Gasteiger charge is -2.12. The van der Waals surface area contributed by atoms with Crippen LogP contribution in [0.25, 0.3) is 10.1 Å². The molecule has 0 aliphatic heterocycles. The van der Waals surface area contributed by atoms with E-state index in [0.717, 1.165) is 11.6 Å². The molecule has 0 saturated carbocycles. The van der Waals surface area contributed by atoms with Crippen LogP contribution in [0.5, 0.6) is 0 Å². The molecule has 1 unspecified atom stereocenters. The second-order valence-electron chi connectivity index (χ2n) is 4.76. The van der Waals surface area contributed by atoms with E-state index in [1.54, 1.807) is 11.3 Å². The Kier molecular flexibility index (Phi) is 5.04. The summed E-state index contributed by atoms with van der Waals surface area (Å²) in [6.07, 6.45) is 3.78. The zero-order chi connectivity index (χ0) is 13.0. The topological polar surface area (TPSA) is 12.0 Å². The van der Waals surface area contributed by atoms with Gasteiger partial charge in [-0.05, 0) is 19.4 Å². The summed E-state index contributed by atoms with van der Waals surface area (Å²) in [4.78, 5) is 1.25. The van der Waals surface area contributed by atoms with Crippen molar-refractivity contribution < 1.29 is 0 Å². The molecule has 0 aliphatic carbocycles. The standard InChI is InChI=1S/C15H20ClNS/c1-3-4-7-11(2)17-10-14-15(16)12-8-5-6-9-13(12)18-14/h5-6,8-9,11,17H,3-4,7,10H2,1-2H3. The number of halogens is 1. The smallest absolute Gasteiger partial charge is 0.0636 e. The van der Waals surface area contributed by atoms with Crippen molar-refractivity contribution in [1.29, 1.82) is 0 Å². The number of thiophene rings is 1. The number of nitrogens with one attached hydrogen (secondary N) is 1. The van der Waals surface area contributed by atoms with Crippen LogP contribution in [0.2, 0.25) is 5.02 Å². The van der Waals surface area contributed by atoms with Crippen LogP contribution in [-0.2, 0) is 6.54 Å². The lowest BCUT2D eigenvalue weighted by molar-refractivity contribution is 0.497. The minimum atomic E-state index is 0.561. The fraction of sp³-hybridized carbons (Fsp3) is 0.467. The summed E-state index contributed by atoms with van der Waals surface area (Å²) in [6, 6.07) is 8.90. The third kappa shape index (κ3) is 3.25. The molecule has 1 N–H and O–H groups in total. The van der Waals surface area contributed by atoms with Gasteiger partial charge in [-0.25, -0.2) is 0 Å². The predicted molar refractivity (Wildman–Crippen MR) is 82.7 cm³/mol. The van der Waals surface area contributed by atoms with Gasteiger partial charge in [-0.2, -0.15) is 0 Å². The summed E-state index contributed by atoms with van der Waals surface area (Å²) in [5.41, 5.74) is 0. The van der Waals surface area contributed by atoms with Gasteiger partial charge in [0, 0.05) is 27.5 Å². The first-order valence-electron chi connectivity index (χ1n) is 6.61. The number of benzene rings is 1. The maximum Gasteiger partial charge on any atom is 0.0636 e. The zero-order valence-corrected chi connectivity index (χ0v) is 12.6. The molecule has 1 atom stereocenters. The molecule has 0 spiro atoms. The predicted octanol–water partition coefficient (Wildman–Crippen LogP) is 5.22. The molecule has 1 aromatic carbocycles. The van der Waals surface area contributed by atoms with Crippen LogP contribution < -0.4 is 5.32 Å². The summed E-state index contributed by atoms with van der Waals surface area (Å²) in [6.45, 7) is 5.36. The first kappa shape index (κ1) is 13.9. The third-order valence-electron chi connectivity index (χ3n) is 3.20. The van der Waals surface area contributed by atoms with Crippen molar-refractivity contribution in [3.05, 3.63) is 34.2 Å². The Hall–Kier alpha value is -0.570. The van der Waals surface area contributed by atoms with E-state index in [2.05, 4.69) is 37.4 Å². The van der Waals surface area contributed by atoms with Crippen LogP contribution in [-0.4, -0.2) is 6.04 Å². The van der Waals surface area contributed by atoms with Crippen molar-refractivity contribution in [2.75, 3.05) is 0 Å². The van der Waals surface area contributed by atoms with Crippen molar-refractivity contribution in [2.45, 2.75) is 45.7 Å². The molecule has 98 valence electrons. The van der Waals surface area contributed by atoms with Crippen LogP contribution in [0.1, 0.15) is 38.0 Å². The molecule has 0 amide bonds. The summed E-state index contributed by atoms with van der Waals surface area (Å²) in [5, 5.41) is 5.67. The number of hydrogen-bond donors (Lipinski definition) is 1. The highest BCUT2D eigenvalue weighted by Crippen LogP contribution is 2.35. The van der Waals surface area contributed by atoms with Crippen molar-refractivity contribution in [1.82, 2.24) is 5.32 Å². The highest BCUT2D eigenvalue weighted by molar-refractivity contribution is 7.19. The van der Waals surface area contributed by atoms with E-state index in [4.69, 9.17) is 11.6 Å². The minimum absolute atomic E-state index is 0.561. The zero-order valence-electron chi connectivity index (χ0n) is 11.0. The molecule has 1 nitrogen and oxygen atoms in total. The molecular formula is C15H20ClNS. The quantitative estimate of drug-likeness (QED) is 0.765. The average Bonchev–Trinajstić information content (AvgIpc) is 2.71.